The molecule has 7 heteroatoms. The minimum absolute atomic E-state index is 0.0561. The van der Waals surface area contributed by atoms with E-state index in [1.165, 1.54) is 6.92 Å². The summed E-state index contributed by atoms with van der Waals surface area (Å²) in [5.41, 5.74) is -1.81. The van der Waals surface area contributed by atoms with Crippen molar-refractivity contribution in [1.82, 2.24) is 0 Å². The lowest BCUT2D eigenvalue weighted by Crippen LogP contribution is -2.39. The van der Waals surface area contributed by atoms with Gasteiger partial charge in [0, 0.05) is 6.26 Å². The highest BCUT2D eigenvalue weighted by molar-refractivity contribution is 7.90. The molecule has 1 atom stereocenters. The van der Waals surface area contributed by atoms with Crippen molar-refractivity contribution in [2.45, 2.75) is 20.3 Å². The van der Waals surface area contributed by atoms with Crippen LogP contribution in [-0.4, -0.2) is 44.1 Å². The Morgan fingerprint density at radius 3 is 2.19 bits per heavy atom. The van der Waals surface area contributed by atoms with E-state index in [9.17, 15) is 18.0 Å². The van der Waals surface area contributed by atoms with Gasteiger partial charge in [-0.25, -0.2) is 8.42 Å². The highest BCUT2D eigenvalue weighted by atomic mass is 32.2. The molecule has 0 bridgehead atoms. The fraction of sp³-hybridized carbons (Fsp3) is 0.778. The molecule has 0 aliphatic heterocycles. The van der Waals surface area contributed by atoms with E-state index in [1.807, 2.05) is 0 Å². The Kier molecular flexibility index (Phi) is 4.92. The summed E-state index contributed by atoms with van der Waals surface area (Å²) in [5.74, 6) is -2.66. The second-order valence-corrected chi connectivity index (χ2v) is 6.00. The van der Waals surface area contributed by atoms with Crippen LogP contribution in [0, 0.1) is 5.41 Å². The molecule has 1 unspecified atom stereocenters. The lowest BCUT2D eigenvalue weighted by molar-refractivity contribution is -0.167. The summed E-state index contributed by atoms with van der Waals surface area (Å²) >= 11 is 0. The van der Waals surface area contributed by atoms with Crippen LogP contribution in [0.15, 0.2) is 0 Å². The van der Waals surface area contributed by atoms with E-state index in [4.69, 9.17) is 5.11 Å². The van der Waals surface area contributed by atoms with E-state index in [2.05, 4.69) is 4.74 Å². The Balaban J connectivity index is 4.84. The van der Waals surface area contributed by atoms with E-state index in [-0.39, 0.29) is 18.8 Å². The first-order chi connectivity index (χ1) is 7.13. The van der Waals surface area contributed by atoms with Crippen molar-refractivity contribution in [3.63, 3.8) is 0 Å². The van der Waals surface area contributed by atoms with Crippen molar-refractivity contribution in [1.29, 1.82) is 0 Å². The minimum atomic E-state index is -3.31. The second kappa shape index (κ2) is 5.29. The zero-order valence-corrected chi connectivity index (χ0v) is 10.3. The number of carbonyl (C=O) groups excluding carboxylic acids is 1. The molecule has 6 nitrogen and oxygen atoms in total. The van der Waals surface area contributed by atoms with Crippen molar-refractivity contribution < 1.29 is 27.9 Å². The molecule has 0 saturated heterocycles. The molecule has 0 radical (unpaired) electrons. The van der Waals surface area contributed by atoms with E-state index in [0.717, 1.165) is 6.26 Å². The molecule has 0 aliphatic carbocycles. The number of aliphatic carboxylic acids is 1. The van der Waals surface area contributed by atoms with E-state index in [1.54, 1.807) is 6.92 Å². The molecule has 16 heavy (non-hydrogen) atoms. The zero-order valence-electron chi connectivity index (χ0n) is 9.52. The van der Waals surface area contributed by atoms with Crippen molar-refractivity contribution in [2.24, 2.45) is 5.41 Å². The lowest BCUT2D eigenvalue weighted by Gasteiger charge is -2.21. The van der Waals surface area contributed by atoms with E-state index >= 15 is 0 Å². The maximum atomic E-state index is 11.4. The maximum absolute atomic E-state index is 11.4. The number of hydrogen-bond donors (Lipinski definition) is 1. The smallest absolute Gasteiger partial charge is 0.323 e. The van der Waals surface area contributed by atoms with Crippen LogP contribution in [0.25, 0.3) is 0 Å². The van der Waals surface area contributed by atoms with Crippen molar-refractivity contribution >= 4 is 21.8 Å². The summed E-state index contributed by atoms with van der Waals surface area (Å²) in [6.07, 6.45) is 0.695. The largest absolute Gasteiger partial charge is 0.480 e. The maximum Gasteiger partial charge on any atom is 0.323 e. The summed E-state index contributed by atoms with van der Waals surface area (Å²) in [6.45, 7) is 2.77. The molecule has 1 N–H and O–H groups in total. The number of carbonyl (C=O) groups is 2. The zero-order chi connectivity index (χ0) is 13.0. The predicted octanol–water partition coefficient (Wildman–Crippen LogP) is 0.0751. The minimum Gasteiger partial charge on any atom is -0.480 e. The monoisotopic (exact) mass is 252 g/mol. The summed E-state index contributed by atoms with van der Waals surface area (Å²) in [4.78, 5) is 22.4. The molecule has 0 saturated carbocycles. The number of sulfone groups is 1. The number of carboxylic acids is 1. The van der Waals surface area contributed by atoms with Crippen LogP contribution >= 0.6 is 0 Å². The summed E-state index contributed by atoms with van der Waals surface area (Å²) in [7, 11) is -3.31. The topological polar surface area (TPSA) is 97.7 Å². The first-order valence-electron chi connectivity index (χ1n) is 4.72. The number of ether oxygens (including phenoxy) is 1. The Bertz CT molecular complexity index is 371. The van der Waals surface area contributed by atoms with Gasteiger partial charge in [-0.1, -0.05) is 0 Å². The van der Waals surface area contributed by atoms with Gasteiger partial charge in [-0.15, -0.1) is 0 Å². The molecule has 0 aromatic carbocycles. The van der Waals surface area contributed by atoms with E-state index in [0.29, 0.717) is 0 Å². The van der Waals surface area contributed by atoms with Gasteiger partial charge >= 0.3 is 11.9 Å². The van der Waals surface area contributed by atoms with Gasteiger partial charge < -0.3 is 9.84 Å². The fourth-order valence-corrected chi connectivity index (χ4v) is 1.76. The van der Waals surface area contributed by atoms with Gasteiger partial charge in [0.2, 0.25) is 0 Å². The van der Waals surface area contributed by atoms with Gasteiger partial charge in [-0.2, -0.15) is 0 Å². The molecule has 94 valence electrons. The molecule has 0 fully saturated rings. The average molecular weight is 252 g/mol. The molecule has 0 aromatic rings. The normalized spacial score (nSPS) is 15.2. The number of hydrogen-bond acceptors (Lipinski definition) is 5. The number of rotatable bonds is 6. The highest BCUT2D eigenvalue weighted by Crippen LogP contribution is 2.24. The van der Waals surface area contributed by atoms with Crippen LogP contribution in [0.2, 0.25) is 0 Å². The van der Waals surface area contributed by atoms with Crippen LogP contribution in [0.4, 0.5) is 0 Å². The number of esters is 1. The summed E-state index contributed by atoms with van der Waals surface area (Å²) < 4.78 is 26.5. The lowest BCUT2D eigenvalue weighted by atomic mass is 9.88. The second-order valence-electron chi connectivity index (χ2n) is 3.74. The van der Waals surface area contributed by atoms with E-state index < -0.39 is 27.2 Å². The molecule has 0 spiro atoms. The van der Waals surface area contributed by atoms with Gasteiger partial charge in [0.05, 0.1) is 12.4 Å². The molecule has 0 amide bonds. The van der Waals surface area contributed by atoms with Crippen LogP contribution < -0.4 is 0 Å². The SMILES string of the molecule is CCOC(=O)C(C)(CCS(C)(=O)=O)C(=O)O. The Morgan fingerprint density at radius 1 is 1.38 bits per heavy atom. The van der Waals surface area contributed by atoms with Crippen LogP contribution in [-0.2, 0) is 24.2 Å². The van der Waals surface area contributed by atoms with Crippen LogP contribution in [0.1, 0.15) is 20.3 Å². The van der Waals surface area contributed by atoms with Gasteiger partial charge in [0.25, 0.3) is 0 Å². The molecule has 0 aromatic heterocycles. The van der Waals surface area contributed by atoms with Gasteiger partial charge in [-0.3, -0.25) is 9.59 Å². The summed E-state index contributed by atoms with van der Waals surface area (Å²) in [5, 5.41) is 8.93. The molecular weight excluding hydrogens is 236 g/mol. The summed E-state index contributed by atoms with van der Waals surface area (Å²) in [6, 6.07) is 0. The fourth-order valence-electron chi connectivity index (χ4n) is 0.976. The van der Waals surface area contributed by atoms with Gasteiger partial charge in [0.15, 0.2) is 5.41 Å². The molecule has 0 rings (SSSR count). The average Bonchev–Trinajstić information content (AvgIpc) is 2.13. The number of carboxylic acid groups (broad SMARTS) is 1. The van der Waals surface area contributed by atoms with Gasteiger partial charge in [-0.05, 0) is 20.3 Å². The van der Waals surface area contributed by atoms with Crippen LogP contribution in [0.3, 0.4) is 0 Å². The molecular formula is C9H16O6S. The Morgan fingerprint density at radius 2 is 1.88 bits per heavy atom. The first-order valence-corrected chi connectivity index (χ1v) is 6.78. The predicted molar refractivity (Wildman–Crippen MR) is 56.7 cm³/mol. The molecule has 0 heterocycles. The van der Waals surface area contributed by atoms with Crippen molar-refractivity contribution in [3.05, 3.63) is 0 Å². The Labute approximate surface area is 94.5 Å². The first kappa shape index (κ1) is 14.9. The standard InChI is InChI=1S/C9H16O6S/c1-4-15-8(12)9(2,7(10)11)5-6-16(3,13)14/h4-6H2,1-3H3,(H,10,11). The third-order valence-electron chi connectivity index (χ3n) is 2.17. The van der Waals surface area contributed by atoms with Gasteiger partial charge in [0.1, 0.15) is 9.84 Å². The van der Waals surface area contributed by atoms with Crippen molar-refractivity contribution in [2.75, 3.05) is 18.6 Å². The Hall–Kier alpha value is -1.11. The third kappa shape index (κ3) is 4.18. The highest BCUT2D eigenvalue weighted by Gasteiger charge is 2.43. The quantitative estimate of drug-likeness (QED) is 0.531. The van der Waals surface area contributed by atoms with Crippen molar-refractivity contribution in [3.8, 4) is 0 Å². The third-order valence-corrected chi connectivity index (χ3v) is 3.12. The van der Waals surface area contributed by atoms with Crippen LogP contribution in [0.5, 0.6) is 0 Å². The molecule has 0 aliphatic rings.